The van der Waals surface area contributed by atoms with Gasteiger partial charge in [0.15, 0.2) is 15.7 Å². The van der Waals surface area contributed by atoms with Gasteiger partial charge in [-0.25, -0.2) is 26.6 Å². The van der Waals surface area contributed by atoms with Crippen molar-refractivity contribution >= 4 is 38.3 Å². The summed E-state index contributed by atoms with van der Waals surface area (Å²) in [4.78, 5) is 25.4. The fourth-order valence-electron chi connectivity index (χ4n) is 3.87. The van der Waals surface area contributed by atoms with Crippen molar-refractivity contribution in [1.29, 1.82) is 5.26 Å². The van der Waals surface area contributed by atoms with Crippen LogP contribution in [0.15, 0.2) is 46.1 Å². The summed E-state index contributed by atoms with van der Waals surface area (Å²) in [6.45, 7) is -0.0225. The van der Waals surface area contributed by atoms with E-state index in [2.05, 4.69) is 20.3 Å². The zero-order valence-corrected chi connectivity index (χ0v) is 20.4. The summed E-state index contributed by atoms with van der Waals surface area (Å²) in [7, 11) is -3.89. The molecule has 15 heteroatoms. The summed E-state index contributed by atoms with van der Waals surface area (Å²) >= 11 is 0. The minimum atomic E-state index is -3.89. The predicted molar refractivity (Wildman–Crippen MR) is 133 cm³/mol. The highest BCUT2D eigenvalue weighted by Crippen LogP contribution is 2.25. The maximum atomic E-state index is 14.3. The number of hydrogen-bond donors (Lipinski definition) is 3. The topological polar surface area (TPSA) is 183 Å². The highest BCUT2D eigenvalue weighted by Gasteiger charge is 2.21. The number of sulfone groups is 1. The van der Waals surface area contributed by atoms with Crippen LogP contribution in [0.3, 0.4) is 0 Å². The second kappa shape index (κ2) is 9.98. The number of nitrogens with two attached hydrogens (primary N) is 2. The first-order chi connectivity index (χ1) is 17.9. The molecule has 11 nitrogen and oxygen atoms in total. The lowest BCUT2D eigenvalue weighted by molar-refractivity contribution is 0.151. The Kier molecular flexibility index (Phi) is 6.92. The van der Waals surface area contributed by atoms with Crippen LogP contribution in [0.4, 0.5) is 30.8 Å². The van der Waals surface area contributed by atoms with Gasteiger partial charge in [-0.15, -0.1) is 0 Å². The van der Waals surface area contributed by atoms with Gasteiger partial charge in [-0.05, 0) is 30.3 Å². The molecular formula is C23H19F3N8O3S. The molecule has 0 unspecified atom stereocenters. The lowest BCUT2D eigenvalue weighted by Crippen LogP contribution is -2.27. The molecule has 0 aliphatic heterocycles. The Morgan fingerprint density at radius 3 is 2.55 bits per heavy atom. The van der Waals surface area contributed by atoms with Gasteiger partial charge < -0.3 is 16.8 Å². The Hall–Kier alpha value is -4.71. The Balaban J connectivity index is 1.90. The highest BCUT2D eigenvalue weighted by molar-refractivity contribution is 7.91. The molecule has 0 saturated carbocycles. The average Bonchev–Trinajstić information content (AvgIpc) is 2.82. The van der Waals surface area contributed by atoms with E-state index in [1.165, 1.54) is 18.2 Å². The van der Waals surface area contributed by atoms with Crippen LogP contribution in [0.5, 0.6) is 0 Å². The number of nitrogens with zero attached hydrogens (tertiary/aromatic N) is 5. The summed E-state index contributed by atoms with van der Waals surface area (Å²) < 4.78 is 66.8. The molecule has 38 heavy (non-hydrogen) atoms. The van der Waals surface area contributed by atoms with Crippen LogP contribution in [0, 0.1) is 17.1 Å². The minimum Gasteiger partial charge on any atom is -0.382 e. The van der Waals surface area contributed by atoms with Gasteiger partial charge >= 0.3 is 0 Å². The molecule has 0 amide bonds. The number of anilines is 3. The molecule has 0 aliphatic carbocycles. The number of aromatic nitrogens is 4. The molecule has 5 N–H and O–H groups in total. The van der Waals surface area contributed by atoms with E-state index in [-0.39, 0.29) is 63.4 Å². The number of halogens is 3. The van der Waals surface area contributed by atoms with Crippen molar-refractivity contribution in [2.75, 3.05) is 29.6 Å². The SMILES string of the molecule is CS(=O)(=O)c1cccc2nc(CCNc3nc(N)nc(N)c3C#N)n(-c3cc(F)cc(C(F)F)c3)c(=O)c12. The number of alkyl halides is 2. The maximum Gasteiger partial charge on any atom is 0.267 e. The first-order valence-electron chi connectivity index (χ1n) is 10.8. The van der Waals surface area contributed by atoms with Crippen molar-refractivity contribution in [3.63, 3.8) is 0 Å². The number of nitrogens with one attached hydrogen (secondary N) is 1. The van der Waals surface area contributed by atoms with E-state index < -0.39 is 33.2 Å². The van der Waals surface area contributed by atoms with Gasteiger partial charge in [0.25, 0.3) is 12.0 Å². The number of nitriles is 1. The molecule has 0 fully saturated rings. The van der Waals surface area contributed by atoms with Crippen molar-refractivity contribution in [2.24, 2.45) is 0 Å². The molecule has 2 heterocycles. The number of nitrogen functional groups attached to an aromatic ring is 2. The molecule has 0 aliphatic rings. The average molecular weight is 545 g/mol. The van der Waals surface area contributed by atoms with Gasteiger partial charge in [-0.2, -0.15) is 15.2 Å². The van der Waals surface area contributed by atoms with Gasteiger partial charge in [0.2, 0.25) is 5.95 Å². The Morgan fingerprint density at radius 2 is 1.89 bits per heavy atom. The number of fused-ring (bicyclic) bond motifs is 1. The van der Waals surface area contributed by atoms with Gasteiger partial charge in [-0.1, -0.05) is 6.07 Å². The van der Waals surface area contributed by atoms with Crippen molar-refractivity contribution in [1.82, 2.24) is 19.5 Å². The Morgan fingerprint density at radius 1 is 1.16 bits per heavy atom. The normalized spacial score (nSPS) is 11.6. The molecule has 2 aromatic heterocycles. The van der Waals surface area contributed by atoms with Crippen LogP contribution in [0.2, 0.25) is 0 Å². The van der Waals surface area contributed by atoms with Crippen molar-refractivity contribution in [3.05, 3.63) is 69.5 Å². The summed E-state index contributed by atoms with van der Waals surface area (Å²) in [5.41, 5.74) is 9.40. The van der Waals surface area contributed by atoms with Crippen molar-refractivity contribution < 1.29 is 21.6 Å². The second-order valence-corrected chi connectivity index (χ2v) is 10.1. The van der Waals surface area contributed by atoms with Crippen LogP contribution in [0.1, 0.15) is 23.4 Å². The van der Waals surface area contributed by atoms with Gasteiger partial charge in [0, 0.05) is 24.8 Å². The monoisotopic (exact) mass is 544 g/mol. The lowest BCUT2D eigenvalue weighted by Gasteiger charge is -2.16. The first-order valence-corrected chi connectivity index (χ1v) is 12.7. The minimum absolute atomic E-state index is 0.0114. The molecule has 0 bridgehead atoms. The smallest absolute Gasteiger partial charge is 0.267 e. The Labute approximate surface area is 213 Å². The van der Waals surface area contributed by atoms with Crippen molar-refractivity contribution in [2.45, 2.75) is 17.7 Å². The number of hydrogen-bond acceptors (Lipinski definition) is 10. The predicted octanol–water partition coefficient (Wildman–Crippen LogP) is 2.35. The molecule has 0 saturated heterocycles. The fourth-order valence-corrected chi connectivity index (χ4v) is 4.76. The molecule has 4 rings (SSSR count). The third-order valence-corrected chi connectivity index (χ3v) is 6.59. The van der Waals surface area contributed by atoms with Crippen LogP contribution in [-0.4, -0.2) is 40.7 Å². The van der Waals surface area contributed by atoms with E-state index in [9.17, 15) is 31.6 Å². The quantitative estimate of drug-likeness (QED) is 0.312. The van der Waals surface area contributed by atoms with E-state index in [0.29, 0.717) is 6.07 Å². The van der Waals surface area contributed by atoms with Crippen molar-refractivity contribution in [3.8, 4) is 11.8 Å². The summed E-state index contributed by atoms with van der Waals surface area (Å²) in [6.07, 6.45) is -2.21. The van der Waals surface area contributed by atoms with Gasteiger partial charge in [0.1, 0.15) is 29.1 Å². The van der Waals surface area contributed by atoms with E-state index in [4.69, 9.17) is 11.5 Å². The second-order valence-electron chi connectivity index (χ2n) is 8.11. The van der Waals surface area contributed by atoms with E-state index >= 15 is 0 Å². The zero-order valence-electron chi connectivity index (χ0n) is 19.6. The molecular weight excluding hydrogens is 525 g/mol. The summed E-state index contributed by atoms with van der Waals surface area (Å²) in [5, 5.41) is 11.9. The first kappa shape index (κ1) is 26.4. The van der Waals surface area contributed by atoms with Gasteiger partial charge in [0.05, 0.1) is 21.5 Å². The largest absolute Gasteiger partial charge is 0.382 e. The third kappa shape index (κ3) is 5.06. The van der Waals surface area contributed by atoms with E-state index in [1.807, 2.05) is 6.07 Å². The number of benzene rings is 2. The van der Waals surface area contributed by atoms with Crippen LogP contribution in [0.25, 0.3) is 16.6 Å². The standard InChI is InChI=1S/C23H19F3N8O3S/c1-38(36,37)16-4-2-3-15-18(16)22(35)34(13-8-11(19(25)26)7-12(24)9-13)17(31-15)5-6-30-21-14(10-27)20(28)32-23(29)33-21/h2-4,7-9,19H,5-6H2,1H3,(H5,28,29,30,32,33). The maximum absolute atomic E-state index is 14.3. The molecule has 0 radical (unpaired) electrons. The Bertz CT molecular complexity index is 1790. The van der Waals surface area contributed by atoms with Gasteiger partial charge in [-0.3, -0.25) is 9.36 Å². The zero-order chi connectivity index (χ0) is 27.8. The molecule has 2 aromatic carbocycles. The number of rotatable bonds is 7. The highest BCUT2D eigenvalue weighted by atomic mass is 32.2. The molecule has 4 aromatic rings. The third-order valence-electron chi connectivity index (χ3n) is 5.45. The summed E-state index contributed by atoms with van der Waals surface area (Å²) in [6, 6.07) is 8.29. The summed E-state index contributed by atoms with van der Waals surface area (Å²) in [5.74, 6) is -1.39. The molecule has 0 atom stereocenters. The van der Waals surface area contributed by atoms with E-state index in [0.717, 1.165) is 23.0 Å². The fraction of sp³-hybridized carbons (Fsp3) is 0.174. The van der Waals surface area contributed by atoms with Crippen LogP contribution in [-0.2, 0) is 16.3 Å². The van der Waals surface area contributed by atoms with Crippen LogP contribution < -0.4 is 22.3 Å². The van der Waals surface area contributed by atoms with Crippen LogP contribution >= 0.6 is 0 Å². The lowest BCUT2D eigenvalue weighted by atomic mass is 10.1. The molecule has 0 spiro atoms. The molecule has 196 valence electrons. The van der Waals surface area contributed by atoms with E-state index in [1.54, 1.807) is 0 Å².